The van der Waals surface area contributed by atoms with Gasteiger partial charge >= 0.3 is 0 Å². The third-order valence-electron chi connectivity index (χ3n) is 6.07. The molecule has 9 nitrogen and oxygen atoms in total. The summed E-state index contributed by atoms with van der Waals surface area (Å²) < 4.78 is 40.0. The Morgan fingerprint density at radius 3 is 2.28 bits per heavy atom. The average molecular weight is 569 g/mol. The fraction of sp³-hybridized carbons (Fsp3) is 0.214. The molecule has 0 unspecified atom stereocenters. The molecule has 0 spiro atoms. The van der Waals surface area contributed by atoms with Gasteiger partial charge in [0.05, 0.1) is 37.0 Å². The first kappa shape index (κ1) is 28.2. The summed E-state index contributed by atoms with van der Waals surface area (Å²) in [5, 5.41) is 3.37. The summed E-state index contributed by atoms with van der Waals surface area (Å²) >= 11 is 6.05. The van der Waals surface area contributed by atoms with Gasteiger partial charge in [0.25, 0.3) is 0 Å². The summed E-state index contributed by atoms with van der Waals surface area (Å²) in [4.78, 5) is 17.9. The van der Waals surface area contributed by atoms with Crippen LogP contribution in [0.15, 0.2) is 77.8 Å². The number of nitrogens with zero attached hydrogens (tertiary/aromatic N) is 3. The number of methoxy groups -OCH3 is 2. The van der Waals surface area contributed by atoms with Crippen LogP contribution in [-0.4, -0.2) is 55.5 Å². The smallest absolute Gasteiger partial charge is 0.243 e. The SMILES string of the molecule is CCN(CC(=O)Nc1nc(-c2ccc(Cl)cc2)cn1-c1ccc(OC)c(OC)c1)S(=O)(=O)c1ccc(C)cc1. The highest BCUT2D eigenvalue weighted by atomic mass is 35.5. The molecule has 0 aliphatic carbocycles. The maximum atomic E-state index is 13.2. The highest BCUT2D eigenvalue weighted by molar-refractivity contribution is 7.89. The molecular formula is C28H29ClN4O5S. The fourth-order valence-electron chi connectivity index (χ4n) is 3.95. The van der Waals surface area contributed by atoms with Crippen LogP contribution in [0.25, 0.3) is 16.9 Å². The number of aryl methyl sites for hydroxylation is 1. The molecule has 3 aromatic carbocycles. The monoisotopic (exact) mass is 568 g/mol. The largest absolute Gasteiger partial charge is 0.493 e. The molecule has 39 heavy (non-hydrogen) atoms. The van der Waals surface area contributed by atoms with Crippen molar-refractivity contribution in [3.63, 3.8) is 0 Å². The first-order valence-electron chi connectivity index (χ1n) is 12.1. The number of halogens is 1. The zero-order valence-corrected chi connectivity index (χ0v) is 23.6. The van der Waals surface area contributed by atoms with Gasteiger partial charge in [0.2, 0.25) is 21.9 Å². The number of imidazole rings is 1. The number of ether oxygens (including phenoxy) is 2. The number of carbonyl (C=O) groups excluding carboxylic acids is 1. The van der Waals surface area contributed by atoms with Crippen molar-refractivity contribution in [3.8, 4) is 28.4 Å². The zero-order chi connectivity index (χ0) is 28.2. The predicted octanol–water partition coefficient (Wildman–Crippen LogP) is 5.17. The van der Waals surface area contributed by atoms with Crippen LogP contribution in [0.4, 0.5) is 5.95 Å². The minimum absolute atomic E-state index is 0.115. The minimum atomic E-state index is -3.87. The number of hydrogen-bond donors (Lipinski definition) is 1. The first-order valence-corrected chi connectivity index (χ1v) is 13.9. The van der Waals surface area contributed by atoms with Crippen LogP contribution in [0.3, 0.4) is 0 Å². The Kier molecular flexibility index (Phi) is 8.59. The maximum Gasteiger partial charge on any atom is 0.243 e. The van der Waals surface area contributed by atoms with E-state index in [4.69, 9.17) is 21.1 Å². The van der Waals surface area contributed by atoms with E-state index in [0.29, 0.717) is 27.9 Å². The Hall–Kier alpha value is -3.86. The summed E-state index contributed by atoms with van der Waals surface area (Å²) in [5.74, 6) is 0.712. The summed E-state index contributed by atoms with van der Waals surface area (Å²) in [6.45, 7) is 3.29. The second kappa shape index (κ2) is 11.9. The molecule has 0 radical (unpaired) electrons. The fourth-order valence-corrected chi connectivity index (χ4v) is 5.48. The Bertz CT molecular complexity index is 1570. The molecule has 0 aliphatic heterocycles. The van der Waals surface area contributed by atoms with Crippen molar-refractivity contribution in [3.05, 3.63) is 83.5 Å². The number of amides is 1. The molecule has 1 N–H and O–H groups in total. The van der Waals surface area contributed by atoms with Gasteiger partial charge in [-0.1, -0.05) is 48.4 Å². The molecule has 4 rings (SSSR count). The lowest BCUT2D eigenvalue weighted by Crippen LogP contribution is -2.38. The Morgan fingerprint density at radius 1 is 1.00 bits per heavy atom. The van der Waals surface area contributed by atoms with E-state index in [1.165, 1.54) is 19.2 Å². The highest BCUT2D eigenvalue weighted by Gasteiger charge is 2.26. The van der Waals surface area contributed by atoms with E-state index in [9.17, 15) is 13.2 Å². The summed E-state index contributed by atoms with van der Waals surface area (Å²) in [5.41, 5.74) is 2.95. The van der Waals surface area contributed by atoms with Gasteiger partial charge < -0.3 is 9.47 Å². The number of likely N-dealkylation sites (N-methyl/N-ethyl adjacent to an activating group) is 1. The van der Waals surface area contributed by atoms with Gasteiger partial charge in [-0.05, 0) is 43.3 Å². The van der Waals surface area contributed by atoms with Crippen LogP contribution in [0.5, 0.6) is 11.5 Å². The van der Waals surface area contributed by atoms with E-state index >= 15 is 0 Å². The number of anilines is 1. The molecule has 0 saturated heterocycles. The second-order valence-electron chi connectivity index (χ2n) is 8.66. The normalized spacial score (nSPS) is 11.4. The first-order chi connectivity index (χ1) is 18.7. The Morgan fingerprint density at radius 2 is 1.67 bits per heavy atom. The third-order valence-corrected chi connectivity index (χ3v) is 8.26. The molecule has 1 aromatic heterocycles. The number of rotatable bonds is 10. The highest BCUT2D eigenvalue weighted by Crippen LogP contribution is 2.32. The number of carbonyl (C=O) groups is 1. The standard InChI is InChI=1S/C28H29ClN4O5S/c1-5-32(39(35,36)23-13-6-19(2)7-14-23)18-27(34)31-28-30-24(20-8-10-21(29)11-9-20)17-33(28)22-12-15-25(37-3)26(16-22)38-4/h6-17H,5,18H2,1-4H3,(H,30,31,34). The van der Waals surface area contributed by atoms with Crippen LogP contribution in [0.2, 0.25) is 5.02 Å². The number of sulfonamides is 1. The van der Waals surface area contributed by atoms with Crippen molar-refractivity contribution in [1.29, 1.82) is 0 Å². The molecule has 204 valence electrons. The lowest BCUT2D eigenvalue weighted by Gasteiger charge is -2.20. The van der Waals surface area contributed by atoms with Gasteiger partial charge in [-0.25, -0.2) is 13.4 Å². The molecule has 0 fully saturated rings. The van der Waals surface area contributed by atoms with Gasteiger partial charge in [0.1, 0.15) is 0 Å². The molecule has 11 heteroatoms. The van der Waals surface area contributed by atoms with Crippen molar-refractivity contribution in [2.75, 3.05) is 32.6 Å². The van der Waals surface area contributed by atoms with Gasteiger partial charge in [-0.15, -0.1) is 0 Å². The van der Waals surface area contributed by atoms with Crippen molar-refractivity contribution in [2.24, 2.45) is 0 Å². The summed E-state index contributed by atoms with van der Waals surface area (Å²) in [7, 11) is -0.796. The zero-order valence-electron chi connectivity index (χ0n) is 22.0. The Labute approximate surface area is 233 Å². The molecule has 1 heterocycles. The maximum absolute atomic E-state index is 13.2. The Balaban J connectivity index is 1.67. The number of nitrogens with one attached hydrogen (secondary N) is 1. The van der Waals surface area contributed by atoms with E-state index in [1.54, 1.807) is 67.3 Å². The van der Waals surface area contributed by atoms with Crippen molar-refractivity contribution in [2.45, 2.75) is 18.7 Å². The van der Waals surface area contributed by atoms with E-state index in [-0.39, 0.29) is 23.9 Å². The number of aromatic nitrogens is 2. The second-order valence-corrected chi connectivity index (χ2v) is 11.0. The topological polar surface area (TPSA) is 103 Å². The van der Waals surface area contributed by atoms with Crippen LogP contribution in [-0.2, 0) is 14.8 Å². The average Bonchev–Trinajstić information content (AvgIpc) is 3.35. The molecule has 0 bridgehead atoms. The molecule has 4 aromatic rings. The molecule has 0 saturated carbocycles. The number of hydrogen-bond acceptors (Lipinski definition) is 6. The molecule has 1 amide bonds. The van der Waals surface area contributed by atoms with Crippen molar-refractivity contribution < 1.29 is 22.7 Å². The lowest BCUT2D eigenvalue weighted by atomic mass is 10.2. The lowest BCUT2D eigenvalue weighted by molar-refractivity contribution is -0.116. The van der Waals surface area contributed by atoms with Crippen LogP contribution < -0.4 is 14.8 Å². The van der Waals surface area contributed by atoms with Gasteiger partial charge in [0, 0.05) is 29.4 Å². The molecule has 0 atom stereocenters. The predicted molar refractivity (Wildman–Crippen MR) is 151 cm³/mol. The van der Waals surface area contributed by atoms with Crippen LogP contribution in [0.1, 0.15) is 12.5 Å². The number of benzene rings is 3. The van der Waals surface area contributed by atoms with E-state index in [2.05, 4.69) is 10.3 Å². The van der Waals surface area contributed by atoms with Crippen molar-refractivity contribution in [1.82, 2.24) is 13.9 Å². The van der Waals surface area contributed by atoms with Gasteiger partial charge in [0.15, 0.2) is 11.5 Å². The van der Waals surface area contributed by atoms with E-state index in [0.717, 1.165) is 15.4 Å². The third kappa shape index (κ3) is 6.25. The minimum Gasteiger partial charge on any atom is -0.493 e. The quantitative estimate of drug-likeness (QED) is 0.283. The van der Waals surface area contributed by atoms with E-state index < -0.39 is 15.9 Å². The molecular weight excluding hydrogens is 540 g/mol. The molecule has 0 aliphatic rings. The van der Waals surface area contributed by atoms with E-state index in [1.807, 2.05) is 19.1 Å². The van der Waals surface area contributed by atoms with Crippen molar-refractivity contribution >= 4 is 33.5 Å². The summed E-state index contributed by atoms with van der Waals surface area (Å²) in [6.07, 6.45) is 1.76. The summed E-state index contributed by atoms with van der Waals surface area (Å²) in [6, 6.07) is 18.9. The van der Waals surface area contributed by atoms with Gasteiger partial charge in [-0.2, -0.15) is 4.31 Å². The van der Waals surface area contributed by atoms with Crippen LogP contribution >= 0.6 is 11.6 Å². The van der Waals surface area contributed by atoms with Crippen LogP contribution in [0, 0.1) is 6.92 Å². The van der Waals surface area contributed by atoms with Gasteiger partial charge in [-0.3, -0.25) is 14.7 Å².